The minimum atomic E-state index is 0.367. The number of aromatic nitrogens is 2. The second-order valence-corrected chi connectivity index (χ2v) is 6.56. The highest BCUT2D eigenvalue weighted by atomic mass is 16.5. The number of methoxy groups -OCH3 is 3. The van der Waals surface area contributed by atoms with Crippen molar-refractivity contribution in [1.82, 2.24) is 14.9 Å². The Balaban J connectivity index is 1.69. The summed E-state index contributed by atoms with van der Waals surface area (Å²) in [5, 5.41) is 0. The quantitative estimate of drug-likeness (QED) is 0.833. The Hall–Kier alpha value is -2.34. The summed E-state index contributed by atoms with van der Waals surface area (Å²) in [6, 6.07) is 4.71. The smallest absolute Gasteiger partial charge is 0.130 e. The normalized spacial score (nSPS) is 21.7. The Morgan fingerprint density at radius 2 is 1.84 bits per heavy atom. The Morgan fingerprint density at radius 1 is 1.08 bits per heavy atom. The number of benzene rings is 1. The van der Waals surface area contributed by atoms with Crippen molar-refractivity contribution in [3.05, 3.63) is 41.5 Å². The lowest BCUT2D eigenvalue weighted by Gasteiger charge is -2.36. The average molecular weight is 341 g/mol. The third-order valence-corrected chi connectivity index (χ3v) is 5.42. The van der Waals surface area contributed by atoms with Gasteiger partial charge in [0.1, 0.15) is 23.6 Å². The molecule has 25 heavy (non-hydrogen) atoms. The fourth-order valence-corrected chi connectivity index (χ4v) is 4.18. The van der Waals surface area contributed by atoms with Crippen molar-refractivity contribution < 1.29 is 14.2 Å². The van der Waals surface area contributed by atoms with Gasteiger partial charge in [-0.05, 0) is 12.8 Å². The minimum Gasteiger partial charge on any atom is -0.496 e. The molecule has 0 saturated carbocycles. The van der Waals surface area contributed by atoms with Crippen LogP contribution in [0.4, 0.5) is 0 Å². The van der Waals surface area contributed by atoms with Gasteiger partial charge < -0.3 is 14.2 Å². The van der Waals surface area contributed by atoms with Crippen molar-refractivity contribution in [1.29, 1.82) is 0 Å². The molecule has 0 spiro atoms. The van der Waals surface area contributed by atoms with E-state index in [1.807, 2.05) is 18.3 Å². The zero-order chi connectivity index (χ0) is 17.4. The van der Waals surface area contributed by atoms with Crippen molar-refractivity contribution in [2.45, 2.75) is 37.9 Å². The molecular weight excluding hydrogens is 318 g/mol. The first-order valence-corrected chi connectivity index (χ1v) is 8.58. The summed E-state index contributed by atoms with van der Waals surface area (Å²) in [6.07, 6.45) is 6.94. The molecule has 0 aliphatic carbocycles. The molecule has 1 fully saturated rings. The third-order valence-electron chi connectivity index (χ3n) is 5.42. The molecule has 132 valence electrons. The number of rotatable bonds is 5. The van der Waals surface area contributed by atoms with Gasteiger partial charge in [-0.25, -0.2) is 9.97 Å². The zero-order valence-corrected chi connectivity index (χ0v) is 14.9. The van der Waals surface area contributed by atoms with Crippen LogP contribution in [-0.2, 0) is 13.0 Å². The lowest BCUT2D eigenvalue weighted by molar-refractivity contribution is 0.162. The lowest BCUT2D eigenvalue weighted by atomic mass is 9.98. The van der Waals surface area contributed by atoms with Gasteiger partial charge >= 0.3 is 0 Å². The predicted molar refractivity (Wildman–Crippen MR) is 93.1 cm³/mol. The summed E-state index contributed by atoms with van der Waals surface area (Å²) in [4.78, 5) is 11.3. The fraction of sp³-hybridized carbons (Fsp3) is 0.474. The van der Waals surface area contributed by atoms with Gasteiger partial charge in [0.15, 0.2) is 0 Å². The third kappa shape index (κ3) is 2.70. The van der Waals surface area contributed by atoms with Crippen LogP contribution < -0.4 is 14.2 Å². The van der Waals surface area contributed by atoms with Crippen LogP contribution in [0.2, 0.25) is 0 Å². The van der Waals surface area contributed by atoms with E-state index in [-0.39, 0.29) is 0 Å². The highest BCUT2D eigenvalue weighted by molar-refractivity contribution is 5.51. The average Bonchev–Trinajstić information content (AvgIpc) is 2.93. The van der Waals surface area contributed by atoms with E-state index in [2.05, 4.69) is 14.9 Å². The monoisotopic (exact) mass is 341 g/mol. The van der Waals surface area contributed by atoms with Crippen LogP contribution in [0.25, 0.3) is 0 Å². The van der Waals surface area contributed by atoms with Crippen LogP contribution in [0.5, 0.6) is 17.2 Å². The molecule has 0 N–H and O–H groups in total. The molecule has 1 aromatic heterocycles. The van der Waals surface area contributed by atoms with Crippen molar-refractivity contribution in [3.8, 4) is 17.2 Å². The van der Waals surface area contributed by atoms with Crippen molar-refractivity contribution in [2.24, 2.45) is 0 Å². The van der Waals surface area contributed by atoms with E-state index in [1.165, 1.54) is 17.7 Å². The minimum absolute atomic E-state index is 0.367. The SMILES string of the molecule is COc1cc(OC)c(CN2C3CCC2c2cncnc2C3)c(OC)c1. The molecule has 6 nitrogen and oxygen atoms in total. The van der Waals surface area contributed by atoms with Gasteiger partial charge in [0, 0.05) is 48.9 Å². The van der Waals surface area contributed by atoms with Crippen LogP contribution in [0.3, 0.4) is 0 Å². The van der Waals surface area contributed by atoms with Crippen LogP contribution in [0, 0.1) is 0 Å². The van der Waals surface area contributed by atoms with Gasteiger partial charge in [0.2, 0.25) is 0 Å². The molecule has 2 atom stereocenters. The molecule has 3 heterocycles. The van der Waals surface area contributed by atoms with E-state index in [0.29, 0.717) is 12.1 Å². The maximum atomic E-state index is 5.62. The number of nitrogens with zero attached hydrogens (tertiary/aromatic N) is 3. The van der Waals surface area contributed by atoms with Crippen molar-refractivity contribution in [2.75, 3.05) is 21.3 Å². The second kappa shape index (κ2) is 6.52. The first kappa shape index (κ1) is 16.1. The predicted octanol–water partition coefficient (Wildman–Crippen LogP) is 2.76. The van der Waals surface area contributed by atoms with Gasteiger partial charge in [0.05, 0.1) is 32.6 Å². The molecule has 2 aliphatic rings. The molecule has 1 aromatic carbocycles. The Labute approximate surface area is 147 Å². The zero-order valence-electron chi connectivity index (χ0n) is 14.9. The van der Waals surface area contributed by atoms with Crippen LogP contribution in [-0.4, -0.2) is 42.2 Å². The van der Waals surface area contributed by atoms with Crippen LogP contribution >= 0.6 is 0 Å². The Bertz CT molecular complexity index is 755. The molecule has 4 rings (SSSR count). The van der Waals surface area contributed by atoms with E-state index in [4.69, 9.17) is 14.2 Å². The molecule has 2 bridgehead atoms. The molecule has 1 saturated heterocycles. The van der Waals surface area contributed by atoms with Crippen LogP contribution in [0.15, 0.2) is 24.7 Å². The summed E-state index contributed by atoms with van der Waals surface area (Å²) in [5.74, 6) is 2.33. The fourth-order valence-electron chi connectivity index (χ4n) is 4.18. The van der Waals surface area contributed by atoms with E-state index < -0.39 is 0 Å². The van der Waals surface area contributed by atoms with Crippen molar-refractivity contribution in [3.63, 3.8) is 0 Å². The van der Waals surface area contributed by atoms with E-state index in [9.17, 15) is 0 Å². The van der Waals surface area contributed by atoms with Crippen molar-refractivity contribution >= 4 is 0 Å². The molecule has 0 amide bonds. The largest absolute Gasteiger partial charge is 0.496 e. The first-order valence-electron chi connectivity index (χ1n) is 8.58. The lowest BCUT2D eigenvalue weighted by Crippen LogP contribution is -2.37. The molecular formula is C19H23N3O3. The van der Waals surface area contributed by atoms with Gasteiger partial charge in [-0.2, -0.15) is 0 Å². The summed E-state index contributed by atoms with van der Waals surface area (Å²) in [7, 11) is 5.02. The summed E-state index contributed by atoms with van der Waals surface area (Å²) < 4.78 is 16.6. The van der Waals surface area contributed by atoms with Gasteiger partial charge in [-0.15, -0.1) is 0 Å². The molecule has 0 radical (unpaired) electrons. The summed E-state index contributed by atoms with van der Waals surface area (Å²) >= 11 is 0. The first-order chi connectivity index (χ1) is 12.2. The van der Waals surface area contributed by atoms with E-state index in [1.54, 1.807) is 27.7 Å². The summed E-state index contributed by atoms with van der Waals surface area (Å²) in [5.41, 5.74) is 3.53. The highest BCUT2D eigenvalue weighted by Crippen LogP contribution is 2.45. The summed E-state index contributed by atoms with van der Waals surface area (Å²) in [6.45, 7) is 0.778. The maximum Gasteiger partial charge on any atom is 0.130 e. The van der Waals surface area contributed by atoms with Crippen LogP contribution in [0.1, 0.15) is 35.7 Å². The highest BCUT2D eigenvalue weighted by Gasteiger charge is 2.41. The number of fused-ring (bicyclic) bond motifs is 4. The topological polar surface area (TPSA) is 56.7 Å². The Morgan fingerprint density at radius 3 is 2.52 bits per heavy atom. The number of hydrogen-bond acceptors (Lipinski definition) is 6. The number of ether oxygens (including phenoxy) is 3. The standard InChI is InChI=1S/C19H23N3O3/c1-23-13-7-18(24-2)15(19(8-13)25-3)10-22-12-4-5-17(22)14-9-20-11-21-16(14)6-12/h7-9,11-12,17H,4-6,10H2,1-3H3. The van der Waals surface area contributed by atoms with E-state index >= 15 is 0 Å². The van der Waals surface area contributed by atoms with Gasteiger partial charge in [-0.1, -0.05) is 0 Å². The van der Waals surface area contributed by atoms with Gasteiger partial charge in [-0.3, -0.25) is 4.90 Å². The second-order valence-electron chi connectivity index (χ2n) is 6.56. The number of hydrogen-bond donors (Lipinski definition) is 0. The molecule has 2 aromatic rings. The maximum absolute atomic E-state index is 5.62. The Kier molecular flexibility index (Phi) is 4.21. The van der Waals surface area contributed by atoms with E-state index in [0.717, 1.165) is 42.2 Å². The van der Waals surface area contributed by atoms with Gasteiger partial charge in [0.25, 0.3) is 0 Å². The molecule has 2 aliphatic heterocycles. The molecule has 2 unspecified atom stereocenters. The molecule has 6 heteroatoms.